The van der Waals surface area contributed by atoms with Crippen molar-refractivity contribution < 1.29 is 27.4 Å². The third-order valence-electron chi connectivity index (χ3n) is 4.28. The Hall–Kier alpha value is -2.99. The number of hydrogen-bond donors (Lipinski definition) is 2. The maximum absolute atomic E-state index is 12.6. The van der Waals surface area contributed by atoms with Gasteiger partial charge in [-0.1, -0.05) is 0 Å². The fourth-order valence-electron chi connectivity index (χ4n) is 2.82. The summed E-state index contributed by atoms with van der Waals surface area (Å²) in [6.07, 6.45) is -3.67. The molecular weight excluding hydrogens is 435 g/mol. The molecule has 3 aromatic rings. The number of aromatic nitrogens is 3. The van der Waals surface area contributed by atoms with Crippen LogP contribution in [0.25, 0.3) is 10.2 Å². The Morgan fingerprint density at radius 1 is 1.19 bits per heavy atom. The fraction of sp³-hybridized carbons (Fsp3) is 0.368. The van der Waals surface area contributed by atoms with Gasteiger partial charge in [0.2, 0.25) is 5.88 Å². The summed E-state index contributed by atoms with van der Waals surface area (Å²) >= 11 is 1.22. The van der Waals surface area contributed by atoms with Crippen molar-refractivity contribution in [2.45, 2.75) is 19.7 Å². The number of carbonyl (C=O) groups is 1. The molecule has 0 bridgehead atoms. The first-order valence-corrected chi connectivity index (χ1v) is 9.94. The Morgan fingerprint density at radius 2 is 1.97 bits per heavy atom. The number of carbonyl (C=O) groups excluding carboxylic acids is 1. The van der Waals surface area contributed by atoms with Crippen molar-refractivity contribution in [3.63, 3.8) is 0 Å². The Bertz CT molecular complexity index is 1070. The molecule has 0 fully saturated rings. The number of anilines is 1. The number of nitrogens with zero attached hydrogens (tertiary/aromatic N) is 3. The van der Waals surface area contributed by atoms with Crippen LogP contribution in [0, 0.1) is 6.92 Å². The van der Waals surface area contributed by atoms with Crippen LogP contribution >= 0.6 is 11.3 Å². The summed E-state index contributed by atoms with van der Waals surface area (Å²) in [5.41, 5.74) is -0.116. The van der Waals surface area contributed by atoms with E-state index in [1.54, 1.807) is 6.92 Å². The normalized spacial score (nSPS) is 11.5. The monoisotopic (exact) mass is 455 g/mol. The van der Waals surface area contributed by atoms with Crippen LogP contribution in [-0.4, -0.2) is 48.2 Å². The van der Waals surface area contributed by atoms with Gasteiger partial charge >= 0.3 is 6.18 Å². The number of rotatable bonds is 8. The Labute approximate surface area is 179 Å². The van der Waals surface area contributed by atoms with Crippen LogP contribution in [0.5, 0.6) is 5.88 Å². The lowest BCUT2D eigenvalue weighted by molar-refractivity contribution is -0.137. The molecule has 0 radical (unpaired) electrons. The molecule has 8 nitrogen and oxygen atoms in total. The zero-order valence-corrected chi connectivity index (χ0v) is 17.8. The molecule has 0 aliphatic heterocycles. The van der Waals surface area contributed by atoms with Crippen molar-refractivity contribution in [2.24, 2.45) is 0 Å². The van der Waals surface area contributed by atoms with Gasteiger partial charge in [0.05, 0.1) is 22.9 Å². The maximum atomic E-state index is 12.6. The maximum Gasteiger partial charge on any atom is 0.417 e. The molecule has 1 amide bonds. The van der Waals surface area contributed by atoms with E-state index in [0.717, 1.165) is 12.3 Å². The minimum atomic E-state index is -4.43. The number of amides is 1. The third kappa shape index (κ3) is 5.20. The van der Waals surface area contributed by atoms with Gasteiger partial charge in [-0.25, -0.2) is 9.97 Å². The van der Waals surface area contributed by atoms with Gasteiger partial charge in [0.25, 0.3) is 5.91 Å². The number of hydrogen-bond acceptors (Lipinski definition) is 8. The van der Waals surface area contributed by atoms with Crippen LogP contribution < -0.4 is 15.4 Å². The molecule has 166 valence electrons. The lowest BCUT2D eigenvalue weighted by atomic mass is 10.2. The first-order chi connectivity index (χ1) is 14.7. The molecule has 12 heteroatoms. The molecule has 0 saturated heterocycles. The second kappa shape index (κ2) is 9.43. The highest BCUT2D eigenvalue weighted by Gasteiger charge is 2.30. The Kier molecular flexibility index (Phi) is 6.91. The number of alkyl halides is 3. The van der Waals surface area contributed by atoms with Crippen LogP contribution in [0.15, 0.2) is 18.3 Å². The molecule has 0 aliphatic carbocycles. The zero-order valence-electron chi connectivity index (χ0n) is 17.0. The largest absolute Gasteiger partial charge is 0.480 e. The number of aryl methyl sites for hydroxylation is 1. The van der Waals surface area contributed by atoms with Crippen LogP contribution in [0.4, 0.5) is 19.0 Å². The van der Waals surface area contributed by atoms with Crippen LogP contribution in [0.2, 0.25) is 0 Å². The van der Waals surface area contributed by atoms with Crippen molar-refractivity contribution in [3.05, 3.63) is 40.2 Å². The van der Waals surface area contributed by atoms with Gasteiger partial charge in [-0.2, -0.15) is 18.2 Å². The van der Waals surface area contributed by atoms with Gasteiger partial charge in [-0.3, -0.25) is 4.79 Å². The smallest absolute Gasteiger partial charge is 0.417 e. The standard InChI is InChI=1S/C19H20F3N5O3S/c1-10-14-17(30-3)26-13(9-29-2)27-18(14)31-15(10)16(28)24-7-6-23-12-5-4-11(8-25-12)19(20,21)22/h4-5,8H,6-7,9H2,1-3H3,(H,23,25)(H,24,28). The minimum Gasteiger partial charge on any atom is -0.480 e. The number of methoxy groups -OCH3 is 2. The molecule has 0 unspecified atom stereocenters. The second-order valence-corrected chi connectivity index (χ2v) is 7.43. The number of pyridine rings is 1. The Morgan fingerprint density at radius 3 is 2.58 bits per heavy atom. The van der Waals surface area contributed by atoms with Gasteiger partial charge in [0.1, 0.15) is 17.3 Å². The first kappa shape index (κ1) is 22.7. The predicted molar refractivity (Wildman–Crippen MR) is 109 cm³/mol. The third-order valence-corrected chi connectivity index (χ3v) is 5.47. The van der Waals surface area contributed by atoms with Crippen molar-refractivity contribution in [1.82, 2.24) is 20.3 Å². The predicted octanol–water partition coefficient (Wildman–Crippen LogP) is 3.41. The molecule has 3 rings (SSSR count). The SMILES string of the molecule is COCc1nc(OC)c2c(C)c(C(=O)NCCNc3ccc(C(F)(F)F)cn3)sc2n1. The van der Waals surface area contributed by atoms with E-state index in [9.17, 15) is 18.0 Å². The fourth-order valence-corrected chi connectivity index (χ4v) is 3.92. The lowest BCUT2D eigenvalue weighted by Gasteiger charge is -2.09. The van der Waals surface area contributed by atoms with E-state index in [4.69, 9.17) is 9.47 Å². The molecule has 3 heterocycles. The topological polar surface area (TPSA) is 98.3 Å². The summed E-state index contributed by atoms with van der Waals surface area (Å²) in [6.45, 7) is 2.54. The van der Waals surface area contributed by atoms with Crippen LogP contribution in [-0.2, 0) is 17.5 Å². The zero-order chi connectivity index (χ0) is 22.6. The minimum absolute atomic E-state index is 0.217. The highest BCUT2D eigenvalue weighted by molar-refractivity contribution is 7.20. The molecule has 3 aromatic heterocycles. The van der Waals surface area contributed by atoms with E-state index in [2.05, 4.69) is 25.6 Å². The summed E-state index contributed by atoms with van der Waals surface area (Å²) in [6, 6.07) is 2.18. The van der Waals surface area contributed by atoms with Gasteiger partial charge in [0, 0.05) is 26.4 Å². The molecule has 0 saturated carbocycles. The summed E-state index contributed by atoms with van der Waals surface area (Å²) in [5.74, 6) is 0.817. The number of thiophene rings is 1. The average molecular weight is 455 g/mol. The number of ether oxygens (including phenoxy) is 2. The van der Waals surface area contributed by atoms with E-state index >= 15 is 0 Å². The molecular formula is C19H20F3N5O3S. The quantitative estimate of drug-likeness (QED) is 0.503. The summed E-state index contributed by atoms with van der Waals surface area (Å²) < 4.78 is 48.1. The van der Waals surface area contributed by atoms with E-state index in [1.807, 2.05) is 0 Å². The second-order valence-electron chi connectivity index (χ2n) is 6.43. The number of halogens is 3. The molecule has 2 N–H and O–H groups in total. The molecule has 0 spiro atoms. The molecule has 31 heavy (non-hydrogen) atoms. The summed E-state index contributed by atoms with van der Waals surface area (Å²) in [7, 11) is 3.03. The van der Waals surface area contributed by atoms with Crippen LogP contribution in [0.1, 0.15) is 26.6 Å². The van der Waals surface area contributed by atoms with Gasteiger partial charge in [0.15, 0.2) is 5.82 Å². The van der Waals surface area contributed by atoms with Gasteiger partial charge in [-0.15, -0.1) is 11.3 Å². The van der Waals surface area contributed by atoms with Gasteiger partial charge < -0.3 is 20.1 Å². The van der Waals surface area contributed by atoms with E-state index in [1.165, 1.54) is 31.6 Å². The van der Waals surface area contributed by atoms with E-state index in [-0.39, 0.29) is 31.4 Å². The van der Waals surface area contributed by atoms with Crippen molar-refractivity contribution in [3.8, 4) is 5.88 Å². The van der Waals surface area contributed by atoms with E-state index in [0.29, 0.717) is 32.4 Å². The molecule has 0 atom stereocenters. The summed E-state index contributed by atoms with van der Waals surface area (Å²) in [4.78, 5) is 26.2. The molecule has 0 aliphatic rings. The highest BCUT2D eigenvalue weighted by Crippen LogP contribution is 2.35. The van der Waals surface area contributed by atoms with Crippen LogP contribution in [0.3, 0.4) is 0 Å². The van der Waals surface area contributed by atoms with Crippen molar-refractivity contribution in [2.75, 3.05) is 32.6 Å². The molecule has 0 aromatic carbocycles. The lowest BCUT2D eigenvalue weighted by Crippen LogP contribution is -2.28. The van der Waals surface area contributed by atoms with E-state index < -0.39 is 11.7 Å². The van der Waals surface area contributed by atoms with Gasteiger partial charge in [-0.05, 0) is 24.6 Å². The Balaban J connectivity index is 1.63. The van der Waals surface area contributed by atoms with Crippen molar-refractivity contribution in [1.29, 1.82) is 0 Å². The highest BCUT2D eigenvalue weighted by atomic mass is 32.1. The van der Waals surface area contributed by atoms with Crippen molar-refractivity contribution >= 4 is 33.3 Å². The number of nitrogens with one attached hydrogen (secondary N) is 2. The first-order valence-electron chi connectivity index (χ1n) is 9.12. The summed E-state index contributed by atoms with van der Waals surface area (Å²) in [5, 5.41) is 6.31. The average Bonchev–Trinajstić information content (AvgIpc) is 3.07. The number of fused-ring (bicyclic) bond motifs is 1.